The van der Waals surface area contributed by atoms with Crippen LogP contribution in [0.25, 0.3) is 0 Å². The second kappa shape index (κ2) is 8.94. The minimum atomic E-state index is 0.446. The molecule has 0 radical (unpaired) electrons. The Hall–Kier alpha value is -2.21. The van der Waals surface area contributed by atoms with Crippen LogP contribution in [0.4, 0.5) is 0 Å². The first-order valence-electron chi connectivity index (χ1n) is 7.08. The van der Waals surface area contributed by atoms with Crippen molar-refractivity contribution in [2.45, 2.75) is 6.54 Å². The predicted molar refractivity (Wildman–Crippen MR) is 88.5 cm³/mol. The molecule has 0 aliphatic heterocycles. The molecule has 0 fully saturated rings. The van der Waals surface area contributed by atoms with Gasteiger partial charge >= 0.3 is 0 Å². The van der Waals surface area contributed by atoms with Gasteiger partial charge in [0.2, 0.25) is 5.88 Å². The zero-order valence-corrected chi connectivity index (χ0v) is 13.3. The van der Waals surface area contributed by atoms with Crippen LogP contribution in [0.15, 0.2) is 47.8 Å². The third kappa shape index (κ3) is 5.29. The summed E-state index contributed by atoms with van der Waals surface area (Å²) in [7, 11) is 1.74. The highest BCUT2D eigenvalue weighted by atomic mass is 35.5. The number of pyridine rings is 1. The molecule has 2 heterocycles. The largest absolute Gasteiger partial charge is 0.475 e. The zero-order valence-electron chi connectivity index (χ0n) is 12.5. The number of nitrogens with zero attached hydrogens (tertiary/aromatic N) is 3. The first-order chi connectivity index (χ1) is 10.8. The molecule has 0 saturated carbocycles. The average Bonchev–Trinajstić information content (AvgIpc) is 3.04. The average molecular weight is 322 g/mol. The summed E-state index contributed by atoms with van der Waals surface area (Å²) in [6.07, 6.45) is 5.71. The van der Waals surface area contributed by atoms with Gasteiger partial charge in [0, 0.05) is 38.7 Å². The standard InChI is InChI=1S/C15H20ClN5O/c1-17-15(19-7-11-21-9-2-3-10-21)20-8-12-22-14-13(16)5-4-6-18-14/h2-6,9-10H,7-8,11-12H2,1H3,(H2,17,19,20). The molecule has 6 nitrogen and oxygen atoms in total. The minimum absolute atomic E-state index is 0.446. The second-order valence-corrected chi connectivity index (χ2v) is 4.89. The first kappa shape index (κ1) is 16.2. The van der Waals surface area contributed by atoms with Crippen LogP contribution < -0.4 is 15.4 Å². The van der Waals surface area contributed by atoms with E-state index in [1.807, 2.05) is 24.5 Å². The maximum atomic E-state index is 5.96. The lowest BCUT2D eigenvalue weighted by Crippen LogP contribution is -2.40. The lowest BCUT2D eigenvalue weighted by atomic mass is 10.5. The van der Waals surface area contributed by atoms with Crippen molar-refractivity contribution in [1.82, 2.24) is 20.2 Å². The van der Waals surface area contributed by atoms with E-state index in [0.717, 1.165) is 19.0 Å². The number of hydrogen-bond donors (Lipinski definition) is 2. The van der Waals surface area contributed by atoms with Crippen LogP contribution in [0.3, 0.4) is 0 Å². The minimum Gasteiger partial charge on any atom is -0.475 e. The van der Waals surface area contributed by atoms with Crippen LogP contribution in [0.1, 0.15) is 0 Å². The van der Waals surface area contributed by atoms with Crippen molar-refractivity contribution in [2.24, 2.45) is 4.99 Å². The van der Waals surface area contributed by atoms with Gasteiger partial charge in [-0.2, -0.15) is 0 Å². The summed E-state index contributed by atoms with van der Waals surface area (Å²) < 4.78 is 7.61. The number of nitrogens with one attached hydrogen (secondary N) is 2. The van der Waals surface area contributed by atoms with Crippen molar-refractivity contribution in [3.8, 4) is 5.88 Å². The highest BCUT2D eigenvalue weighted by Crippen LogP contribution is 2.19. The monoisotopic (exact) mass is 321 g/mol. The van der Waals surface area contributed by atoms with Crippen LogP contribution in [0, 0.1) is 0 Å². The molecule has 0 aliphatic carbocycles. The fourth-order valence-electron chi connectivity index (χ4n) is 1.84. The number of ether oxygens (including phenoxy) is 1. The highest BCUT2D eigenvalue weighted by Gasteiger charge is 2.01. The number of aromatic nitrogens is 2. The Morgan fingerprint density at radius 2 is 2.05 bits per heavy atom. The Balaban J connectivity index is 1.63. The number of rotatable bonds is 7. The van der Waals surface area contributed by atoms with Gasteiger partial charge in [0.1, 0.15) is 11.6 Å². The summed E-state index contributed by atoms with van der Waals surface area (Å²) in [5, 5.41) is 6.92. The van der Waals surface area contributed by atoms with Gasteiger partial charge in [0.05, 0.1) is 6.54 Å². The fourth-order valence-corrected chi connectivity index (χ4v) is 2.01. The van der Waals surface area contributed by atoms with E-state index in [4.69, 9.17) is 16.3 Å². The third-order valence-electron chi connectivity index (χ3n) is 2.91. The van der Waals surface area contributed by atoms with Gasteiger partial charge in [-0.3, -0.25) is 4.99 Å². The smallest absolute Gasteiger partial charge is 0.232 e. The number of hydrogen-bond acceptors (Lipinski definition) is 3. The Kier molecular flexibility index (Phi) is 6.57. The van der Waals surface area contributed by atoms with Crippen molar-refractivity contribution in [3.63, 3.8) is 0 Å². The van der Waals surface area contributed by atoms with E-state index in [1.54, 1.807) is 25.4 Å². The molecule has 0 spiro atoms. The van der Waals surface area contributed by atoms with E-state index in [2.05, 4.69) is 25.2 Å². The summed E-state index contributed by atoms with van der Waals surface area (Å²) >= 11 is 5.96. The molecule has 0 amide bonds. The normalized spacial score (nSPS) is 11.3. The maximum absolute atomic E-state index is 5.96. The molecule has 2 N–H and O–H groups in total. The molecule has 0 aliphatic rings. The molecule has 2 aromatic heterocycles. The Morgan fingerprint density at radius 3 is 2.77 bits per heavy atom. The lowest BCUT2D eigenvalue weighted by molar-refractivity contribution is 0.310. The summed E-state index contributed by atoms with van der Waals surface area (Å²) in [5.74, 6) is 1.18. The molecule has 0 saturated heterocycles. The summed E-state index contributed by atoms with van der Waals surface area (Å²) in [6, 6.07) is 7.53. The number of aliphatic imine (C=N–C) groups is 1. The highest BCUT2D eigenvalue weighted by molar-refractivity contribution is 6.31. The van der Waals surface area contributed by atoms with Gasteiger partial charge < -0.3 is 19.9 Å². The summed E-state index contributed by atoms with van der Waals surface area (Å²) in [4.78, 5) is 8.22. The van der Waals surface area contributed by atoms with Crippen molar-refractivity contribution in [3.05, 3.63) is 47.9 Å². The van der Waals surface area contributed by atoms with Crippen LogP contribution >= 0.6 is 11.6 Å². The Morgan fingerprint density at radius 1 is 1.27 bits per heavy atom. The SMILES string of the molecule is CN=C(NCCOc1ncccc1Cl)NCCn1cccc1. The Labute approximate surface area is 135 Å². The van der Waals surface area contributed by atoms with E-state index < -0.39 is 0 Å². The summed E-state index contributed by atoms with van der Waals surface area (Å²) in [5.41, 5.74) is 0. The van der Waals surface area contributed by atoms with Crippen LogP contribution in [-0.2, 0) is 6.54 Å². The van der Waals surface area contributed by atoms with Gasteiger partial charge in [-0.25, -0.2) is 4.98 Å². The molecule has 2 aromatic rings. The van der Waals surface area contributed by atoms with Gasteiger partial charge in [0.15, 0.2) is 5.96 Å². The van der Waals surface area contributed by atoms with Gasteiger partial charge in [-0.1, -0.05) is 11.6 Å². The van der Waals surface area contributed by atoms with Crippen LogP contribution in [0.2, 0.25) is 5.02 Å². The van der Waals surface area contributed by atoms with Gasteiger partial charge in [-0.15, -0.1) is 0 Å². The topological polar surface area (TPSA) is 63.5 Å². The fraction of sp³-hybridized carbons (Fsp3) is 0.333. The van der Waals surface area contributed by atoms with Gasteiger partial charge in [-0.05, 0) is 24.3 Å². The van der Waals surface area contributed by atoms with E-state index >= 15 is 0 Å². The number of guanidine groups is 1. The summed E-state index contributed by atoms with van der Waals surface area (Å²) in [6.45, 7) is 2.74. The van der Waals surface area contributed by atoms with E-state index in [9.17, 15) is 0 Å². The molecule has 0 atom stereocenters. The second-order valence-electron chi connectivity index (χ2n) is 4.49. The van der Waals surface area contributed by atoms with Crippen LogP contribution in [-0.4, -0.2) is 42.3 Å². The maximum Gasteiger partial charge on any atom is 0.232 e. The molecule has 22 heavy (non-hydrogen) atoms. The third-order valence-corrected chi connectivity index (χ3v) is 3.20. The molecule has 0 unspecified atom stereocenters. The lowest BCUT2D eigenvalue weighted by Gasteiger charge is -2.12. The van der Waals surface area contributed by atoms with E-state index in [-0.39, 0.29) is 0 Å². The van der Waals surface area contributed by atoms with E-state index in [1.165, 1.54) is 0 Å². The molecular weight excluding hydrogens is 302 g/mol. The Bertz CT molecular complexity index is 585. The molecular formula is C15H20ClN5O. The predicted octanol–water partition coefficient (Wildman–Crippen LogP) is 1.78. The molecule has 2 rings (SSSR count). The van der Waals surface area contributed by atoms with Crippen molar-refractivity contribution >= 4 is 17.6 Å². The van der Waals surface area contributed by atoms with Crippen LogP contribution in [0.5, 0.6) is 5.88 Å². The van der Waals surface area contributed by atoms with Crippen molar-refractivity contribution < 1.29 is 4.74 Å². The van der Waals surface area contributed by atoms with Crippen molar-refractivity contribution in [1.29, 1.82) is 0 Å². The van der Waals surface area contributed by atoms with Gasteiger partial charge in [0.25, 0.3) is 0 Å². The molecule has 7 heteroatoms. The molecule has 0 bridgehead atoms. The molecule has 118 valence electrons. The van der Waals surface area contributed by atoms with E-state index in [0.29, 0.717) is 24.1 Å². The quantitative estimate of drug-likeness (QED) is 0.463. The molecule has 0 aromatic carbocycles. The number of halogens is 1. The van der Waals surface area contributed by atoms with Crippen molar-refractivity contribution in [2.75, 3.05) is 26.7 Å². The zero-order chi connectivity index (χ0) is 15.6. The first-order valence-corrected chi connectivity index (χ1v) is 7.46.